The van der Waals surface area contributed by atoms with E-state index in [4.69, 9.17) is 5.73 Å². The molecule has 0 radical (unpaired) electrons. The van der Waals surface area contributed by atoms with Gasteiger partial charge in [0.2, 0.25) is 0 Å². The molecule has 0 atom stereocenters. The van der Waals surface area contributed by atoms with Gasteiger partial charge in [0, 0.05) is 5.69 Å². The summed E-state index contributed by atoms with van der Waals surface area (Å²) in [4.78, 5) is 4.25. The van der Waals surface area contributed by atoms with Gasteiger partial charge < -0.3 is 20.5 Å². The summed E-state index contributed by atoms with van der Waals surface area (Å²) in [6.07, 6.45) is 2.26. The van der Waals surface area contributed by atoms with Crippen molar-refractivity contribution < 1.29 is 10.2 Å². The van der Waals surface area contributed by atoms with E-state index in [2.05, 4.69) is 4.98 Å². The zero-order valence-electron chi connectivity index (χ0n) is 9.80. The standard InChI is InChI=1S/C12H17N3O2/c1-2-12(6-16,7-17)15-8-14-10-5-9(13)3-4-11(10)15/h3-5,8,16-17H,2,6-7,13H2,1H3. The van der Waals surface area contributed by atoms with Crippen molar-refractivity contribution >= 4 is 16.7 Å². The number of nitrogen functional groups attached to an aromatic ring is 1. The van der Waals surface area contributed by atoms with Crippen LogP contribution >= 0.6 is 0 Å². The quantitative estimate of drug-likeness (QED) is 0.681. The second-order valence-electron chi connectivity index (χ2n) is 4.26. The Kier molecular flexibility index (Phi) is 3.04. The minimum atomic E-state index is -0.704. The average Bonchev–Trinajstić information content (AvgIpc) is 2.76. The summed E-state index contributed by atoms with van der Waals surface area (Å²) in [5.74, 6) is 0. The molecule has 0 unspecified atom stereocenters. The molecule has 5 nitrogen and oxygen atoms in total. The number of aliphatic hydroxyl groups excluding tert-OH is 2. The van der Waals surface area contributed by atoms with Gasteiger partial charge >= 0.3 is 0 Å². The summed E-state index contributed by atoms with van der Waals surface area (Å²) < 4.78 is 1.82. The zero-order valence-corrected chi connectivity index (χ0v) is 9.80. The highest BCUT2D eigenvalue weighted by Crippen LogP contribution is 2.26. The summed E-state index contributed by atoms with van der Waals surface area (Å²) in [6, 6.07) is 5.42. The zero-order chi connectivity index (χ0) is 12.5. The Morgan fingerprint density at radius 1 is 1.35 bits per heavy atom. The first-order valence-electron chi connectivity index (χ1n) is 5.61. The minimum absolute atomic E-state index is 0.129. The first kappa shape index (κ1) is 11.9. The number of anilines is 1. The highest BCUT2D eigenvalue weighted by atomic mass is 16.3. The van der Waals surface area contributed by atoms with Crippen LogP contribution in [-0.2, 0) is 5.54 Å². The SMILES string of the molecule is CCC(CO)(CO)n1cnc2cc(N)ccc21. The summed E-state index contributed by atoms with van der Waals surface area (Å²) in [5.41, 5.74) is 7.27. The number of hydrogen-bond donors (Lipinski definition) is 3. The predicted octanol–water partition coefficient (Wildman–Crippen LogP) is 0.708. The summed E-state index contributed by atoms with van der Waals surface area (Å²) in [7, 11) is 0. The maximum atomic E-state index is 9.53. The topological polar surface area (TPSA) is 84.3 Å². The fraction of sp³-hybridized carbons (Fsp3) is 0.417. The van der Waals surface area contributed by atoms with Gasteiger partial charge in [0.05, 0.1) is 36.1 Å². The number of aliphatic hydroxyl groups is 2. The summed E-state index contributed by atoms with van der Waals surface area (Å²) in [5, 5.41) is 19.1. The number of rotatable bonds is 4. The van der Waals surface area contributed by atoms with Crippen molar-refractivity contribution in [2.24, 2.45) is 0 Å². The molecule has 0 fully saturated rings. The molecule has 0 aliphatic carbocycles. The van der Waals surface area contributed by atoms with Gasteiger partial charge in [0.15, 0.2) is 0 Å². The molecular weight excluding hydrogens is 218 g/mol. The van der Waals surface area contributed by atoms with E-state index in [1.165, 1.54) is 0 Å². The second kappa shape index (κ2) is 4.35. The Bertz CT molecular complexity index is 509. The van der Waals surface area contributed by atoms with E-state index in [0.29, 0.717) is 12.1 Å². The number of aromatic nitrogens is 2. The van der Waals surface area contributed by atoms with Crippen LogP contribution in [0.1, 0.15) is 13.3 Å². The normalized spacial score (nSPS) is 12.2. The van der Waals surface area contributed by atoms with Crippen LogP contribution in [0.4, 0.5) is 5.69 Å². The predicted molar refractivity (Wildman–Crippen MR) is 66.6 cm³/mol. The van der Waals surface area contributed by atoms with Gasteiger partial charge in [-0.2, -0.15) is 0 Å². The molecule has 0 saturated heterocycles. The lowest BCUT2D eigenvalue weighted by Gasteiger charge is -2.30. The summed E-state index contributed by atoms with van der Waals surface area (Å²) in [6.45, 7) is 1.67. The first-order valence-corrected chi connectivity index (χ1v) is 5.61. The van der Waals surface area contributed by atoms with E-state index in [-0.39, 0.29) is 13.2 Å². The number of hydrogen-bond acceptors (Lipinski definition) is 4. The van der Waals surface area contributed by atoms with Crippen LogP contribution < -0.4 is 5.73 Å². The smallest absolute Gasteiger partial charge is 0.0965 e. The van der Waals surface area contributed by atoms with Gasteiger partial charge in [-0.1, -0.05) is 6.92 Å². The molecule has 17 heavy (non-hydrogen) atoms. The van der Waals surface area contributed by atoms with Gasteiger partial charge in [-0.25, -0.2) is 4.98 Å². The monoisotopic (exact) mass is 235 g/mol. The Morgan fingerprint density at radius 3 is 2.65 bits per heavy atom. The molecule has 0 spiro atoms. The fourth-order valence-corrected chi connectivity index (χ4v) is 2.00. The molecular formula is C12H17N3O2. The van der Waals surface area contributed by atoms with Crippen LogP contribution in [0.25, 0.3) is 11.0 Å². The summed E-state index contributed by atoms with van der Waals surface area (Å²) >= 11 is 0. The molecule has 1 aromatic carbocycles. The largest absolute Gasteiger partial charge is 0.399 e. The Balaban J connectivity index is 2.62. The molecule has 5 heteroatoms. The van der Waals surface area contributed by atoms with E-state index < -0.39 is 5.54 Å². The third-order valence-corrected chi connectivity index (χ3v) is 3.33. The van der Waals surface area contributed by atoms with Crippen LogP contribution in [0.5, 0.6) is 0 Å². The molecule has 0 saturated carbocycles. The number of imidazole rings is 1. The molecule has 0 aliphatic rings. The van der Waals surface area contributed by atoms with Crippen molar-refractivity contribution in [1.29, 1.82) is 0 Å². The molecule has 1 heterocycles. The molecule has 1 aromatic heterocycles. The van der Waals surface area contributed by atoms with Crippen molar-refractivity contribution in [1.82, 2.24) is 9.55 Å². The van der Waals surface area contributed by atoms with Crippen molar-refractivity contribution in [3.05, 3.63) is 24.5 Å². The van der Waals surface area contributed by atoms with Gasteiger partial charge in [-0.15, -0.1) is 0 Å². The molecule has 0 amide bonds. The van der Waals surface area contributed by atoms with Crippen molar-refractivity contribution in [2.45, 2.75) is 18.9 Å². The molecule has 2 aromatic rings. The maximum absolute atomic E-state index is 9.53. The Morgan fingerprint density at radius 2 is 2.06 bits per heavy atom. The molecule has 2 rings (SSSR count). The highest BCUT2D eigenvalue weighted by molar-refractivity contribution is 5.79. The minimum Gasteiger partial charge on any atom is -0.399 e. The van der Waals surface area contributed by atoms with E-state index in [1.807, 2.05) is 17.6 Å². The number of nitrogens with two attached hydrogens (primary N) is 1. The van der Waals surface area contributed by atoms with Crippen molar-refractivity contribution in [3.8, 4) is 0 Å². The van der Waals surface area contributed by atoms with Crippen molar-refractivity contribution in [3.63, 3.8) is 0 Å². The van der Waals surface area contributed by atoms with Crippen LogP contribution in [0, 0.1) is 0 Å². The lowest BCUT2D eigenvalue weighted by Crippen LogP contribution is -2.40. The average molecular weight is 235 g/mol. The van der Waals surface area contributed by atoms with Crippen LogP contribution in [0.15, 0.2) is 24.5 Å². The van der Waals surface area contributed by atoms with E-state index in [1.54, 1.807) is 18.5 Å². The lowest BCUT2D eigenvalue weighted by atomic mass is 9.98. The molecule has 0 bridgehead atoms. The number of benzene rings is 1. The molecule has 0 aliphatic heterocycles. The van der Waals surface area contributed by atoms with Crippen LogP contribution in [0.2, 0.25) is 0 Å². The van der Waals surface area contributed by atoms with E-state index >= 15 is 0 Å². The number of fused-ring (bicyclic) bond motifs is 1. The van der Waals surface area contributed by atoms with Gasteiger partial charge in [-0.05, 0) is 24.6 Å². The third-order valence-electron chi connectivity index (χ3n) is 3.33. The van der Waals surface area contributed by atoms with Gasteiger partial charge in [0.1, 0.15) is 0 Å². The Hall–Kier alpha value is -1.59. The third kappa shape index (κ3) is 1.77. The molecule has 4 N–H and O–H groups in total. The molecule has 92 valence electrons. The first-order chi connectivity index (χ1) is 8.16. The fourth-order valence-electron chi connectivity index (χ4n) is 2.00. The van der Waals surface area contributed by atoms with E-state index in [0.717, 1.165) is 11.0 Å². The van der Waals surface area contributed by atoms with Gasteiger partial charge in [0.25, 0.3) is 0 Å². The van der Waals surface area contributed by atoms with Crippen LogP contribution in [0.3, 0.4) is 0 Å². The number of nitrogens with zero attached hydrogens (tertiary/aromatic N) is 2. The second-order valence-corrected chi connectivity index (χ2v) is 4.26. The van der Waals surface area contributed by atoms with Crippen LogP contribution in [-0.4, -0.2) is 33.0 Å². The van der Waals surface area contributed by atoms with Crippen molar-refractivity contribution in [2.75, 3.05) is 18.9 Å². The van der Waals surface area contributed by atoms with E-state index in [9.17, 15) is 10.2 Å². The van der Waals surface area contributed by atoms with Gasteiger partial charge in [-0.3, -0.25) is 0 Å². The maximum Gasteiger partial charge on any atom is 0.0965 e. The highest BCUT2D eigenvalue weighted by Gasteiger charge is 2.30. The lowest BCUT2D eigenvalue weighted by molar-refractivity contribution is 0.0628. The Labute approximate surface area is 99.5 Å².